The number of aryl methyl sites for hydroxylation is 2. The maximum atomic E-state index is 16.3. The maximum Gasteiger partial charge on any atom is 0.248 e. The number of hydrogen-bond donors (Lipinski definition) is 20. The van der Waals surface area contributed by atoms with Crippen LogP contribution < -0.4 is 73.5 Å². The zero-order chi connectivity index (χ0) is 82.1. The zero-order valence-corrected chi connectivity index (χ0v) is 63.2. The number of benzene rings is 6. The van der Waals surface area contributed by atoms with Crippen molar-refractivity contribution in [2.24, 2.45) is 17.4 Å². The number of aliphatic hydroxyl groups is 6. The summed E-state index contributed by atoms with van der Waals surface area (Å²) in [5, 5.41) is 127. The van der Waals surface area contributed by atoms with Gasteiger partial charge in [-0.2, -0.15) is 0 Å². The molecule has 7 aliphatic heterocycles. The number of ether oxygens (including phenoxy) is 6. The molecular weight excluding hydrogens is 1520 g/mol. The fourth-order valence-electron chi connectivity index (χ4n) is 13.9. The van der Waals surface area contributed by atoms with Crippen molar-refractivity contribution < 1.29 is 118 Å². The van der Waals surface area contributed by atoms with Crippen molar-refractivity contribution in [1.82, 2.24) is 42.5 Å². The van der Waals surface area contributed by atoms with Gasteiger partial charge in [-0.3, -0.25) is 43.2 Å². The Morgan fingerprint density at radius 1 is 0.699 bits per heavy atom. The summed E-state index contributed by atoms with van der Waals surface area (Å²) in [6.07, 6.45) is -18.7. The predicted octanol–water partition coefficient (Wildman–Crippen LogP) is 1.39. The first-order valence-electron chi connectivity index (χ1n) is 35.8. The molecule has 7 heterocycles. The SMILES string of the molecule is CNC(CC(C)C)C(=O)NC1C(=O)NC(CC(N)=O)C(=O)NC2C(=O)NC3C(=O)NC(C(=O)NC(C(=O)NCC(=O)Nc4ccc(C)cc4C)c4cc(O)cc(O)c4-c4cc3ccc4O)C(O)c3ccc(c(Cl)c3)Oc3cc2cc(c3OC2OC(CO)C(O)C(O)C2OC2CC(C)(N)C(O)C(C)O2)Oc2ccc(cc2Cl)C1O. The van der Waals surface area contributed by atoms with Crippen molar-refractivity contribution >= 4 is 82.1 Å². The number of rotatable bonds is 16. The van der Waals surface area contributed by atoms with Gasteiger partial charge in [-0.25, -0.2) is 0 Å². The van der Waals surface area contributed by atoms with E-state index in [2.05, 4.69) is 47.9 Å². The van der Waals surface area contributed by atoms with E-state index in [0.29, 0.717) is 11.3 Å². The average molecular weight is 1610 g/mol. The quantitative estimate of drug-likeness (QED) is 0.0651. The molecule has 35 nitrogen and oxygen atoms in total. The normalized spacial score (nSPS) is 27.5. The highest BCUT2D eigenvalue weighted by molar-refractivity contribution is 6.32. The topological polar surface area (TPSA) is 551 Å². The number of hydrogen-bond acceptors (Lipinski definition) is 26. The first-order chi connectivity index (χ1) is 53.4. The molecule has 22 N–H and O–H groups in total. The molecule has 604 valence electrons. The highest BCUT2D eigenvalue weighted by Crippen LogP contribution is 2.50. The predicted molar refractivity (Wildman–Crippen MR) is 399 cm³/mol. The number of carbonyl (C=O) groups excluding carboxylic acids is 9. The van der Waals surface area contributed by atoms with E-state index in [1.807, 2.05) is 20.8 Å². The Bertz CT molecular complexity index is 4710. The van der Waals surface area contributed by atoms with Crippen molar-refractivity contribution in [2.75, 3.05) is 25.5 Å². The van der Waals surface area contributed by atoms with Crippen LogP contribution in [0.25, 0.3) is 11.1 Å². The minimum Gasteiger partial charge on any atom is -0.508 e. The molecule has 18 unspecified atom stereocenters. The lowest BCUT2D eigenvalue weighted by Crippen LogP contribution is -2.64. The molecule has 18 atom stereocenters. The Kier molecular flexibility index (Phi) is 25.4. The molecule has 0 aromatic heterocycles. The number of likely N-dealkylation sites (N-methyl/N-ethyl adjacent to an activating group) is 1. The molecule has 0 radical (unpaired) electrons. The summed E-state index contributed by atoms with van der Waals surface area (Å²) in [4.78, 5) is 134. The molecule has 0 saturated carbocycles. The number of halogens is 2. The molecule has 113 heavy (non-hydrogen) atoms. The van der Waals surface area contributed by atoms with E-state index >= 15 is 19.2 Å². The second kappa shape index (κ2) is 34.4. The summed E-state index contributed by atoms with van der Waals surface area (Å²) in [7, 11) is 1.47. The van der Waals surface area contributed by atoms with Gasteiger partial charge >= 0.3 is 0 Å². The van der Waals surface area contributed by atoms with Gasteiger partial charge in [0.15, 0.2) is 23.9 Å². The molecule has 2 fully saturated rings. The molecule has 13 rings (SSSR count). The minimum atomic E-state index is -2.37. The highest BCUT2D eigenvalue weighted by Gasteiger charge is 2.52. The number of primary amides is 1. The number of aromatic hydroxyl groups is 3. The number of aliphatic hydroxyl groups excluding tert-OH is 6. The van der Waals surface area contributed by atoms with Gasteiger partial charge in [0.25, 0.3) is 0 Å². The number of anilines is 1. The van der Waals surface area contributed by atoms with E-state index in [1.54, 1.807) is 25.1 Å². The third kappa shape index (κ3) is 18.4. The van der Waals surface area contributed by atoms with Gasteiger partial charge in [0.1, 0.15) is 95.5 Å². The summed E-state index contributed by atoms with van der Waals surface area (Å²) in [6.45, 7) is 8.45. The molecule has 0 spiro atoms. The monoisotopic (exact) mass is 1610 g/mol. The first kappa shape index (κ1) is 83.4. The van der Waals surface area contributed by atoms with Crippen LogP contribution in [0.15, 0.2) is 97.1 Å². The molecule has 7 aliphatic rings. The second-order valence-electron chi connectivity index (χ2n) is 29.0. The van der Waals surface area contributed by atoms with Gasteiger partial charge in [0, 0.05) is 34.8 Å². The van der Waals surface area contributed by atoms with Gasteiger partial charge in [-0.1, -0.05) is 72.9 Å². The van der Waals surface area contributed by atoms with E-state index < -0.39 is 250 Å². The molecule has 37 heteroatoms. The Labute approximate surface area is 655 Å². The van der Waals surface area contributed by atoms with Crippen LogP contribution in [0, 0.1) is 19.8 Å². The smallest absolute Gasteiger partial charge is 0.248 e. The third-order valence-electron chi connectivity index (χ3n) is 19.9. The van der Waals surface area contributed by atoms with Gasteiger partial charge < -0.3 is 134 Å². The van der Waals surface area contributed by atoms with E-state index in [0.717, 1.165) is 72.3 Å². The summed E-state index contributed by atoms with van der Waals surface area (Å²) in [6, 6.07) is 4.74. The van der Waals surface area contributed by atoms with Crippen molar-refractivity contribution in [3.05, 3.63) is 146 Å². The fourth-order valence-corrected chi connectivity index (χ4v) is 14.4. The maximum absolute atomic E-state index is 16.3. The molecule has 6 aromatic carbocycles. The van der Waals surface area contributed by atoms with E-state index in [4.69, 9.17) is 63.1 Å². The van der Waals surface area contributed by atoms with Crippen molar-refractivity contribution in [1.29, 1.82) is 0 Å². The summed E-state index contributed by atoms with van der Waals surface area (Å²) >= 11 is 14.3. The van der Waals surface area contributed by atoms with Crippen molar-refractivity contribution in [3.63, 3.8) is 0 Å². The standard InChI is InChI=1S/C76H87Cl2N11O24/c1-29(2)16-43(81-7)68(101)88-59-61(96)34-10-14-47(40(77)19-34)109-49-21-36-22-50(65(49)113-75-66(64(99)63(98)51(28-90)111-75)112-54-26-76(6,80)67(100)32(5)108-54)110-48-15-11-35(20-41(48)78)62(97)60-74(107)87-58(70(103)82-27-53(95)83-42-12-8-30(3)17-31(42)4)39-23-37(91)24-46(93)55(39)38-18-33(9-13-45(38)92)56(71(104)89-60)86-72(105)57(36)85-69(102)44(25-52(79)94)84-73(59)106/h8-15,17-24,29,32,43-44,51,54,56-64,66-67,75,81,90-93,96-100H,16,25-28,80H2,1-7H3,(H2,79,94)(H,82,103)(H,83,95)(H,84,106)(H,85,102)(H,86,105)(H,87,107)(H,88,101)(H,89,104). The van der Waals surface area contributed by atoms with E-state index in [9.17, 15) is 69.9 Å². The summed E-state index contributed by atoms with van der Waals surface area (Å²) < 4.78 is 38.6. The Morgan fingerprint density at radius 3 is 1.94 bits per heavy atom. The van der Waals surface area contributed by atoms with Gasteiger partial charge in [0.05, 0.1) is 47.9 Å². The molecule has 6 aromatic rings. The number of nitrogens with two attached hydrogens (primary N) is 2. The number of fused-ring (bicyclic) bond motifs is 15. The van der Waals surface area contributed by atoms with Crippen molar-refractivity contribution in [3.8, 4) is 57.1 Å². The highest BCUT2D eigenvalue weighted by atomic mass is 35.5. The lowest BCUT2D eigenvalue weighted by Gasteiger charge is -2.47. The van der Waals surface area contributed by atoms with Crippen LogP contribution in [0.3, 0.4) is 0 Å². The Hall–Kier alpha value is -10.5. The van der Waals surface area contributed by atoms with Crippen molar-refractivity contribution in [2.45, 2.75) is 170 Å². The Morgan fingerprint density at radius 2 is 1.33 bits per heavy atom. The van der Waals surface area contributed by atoms with Crippen LogP contribution in [0.5, 0.6) is 46.0 Å². The number of amides is 9. The van der Waals surface area contributed by atoms with Crippen LogP contribution in [0.4, 0.5) is 5.69 Å². The van der Waals surface area contributed by atoms with Gasteiger partial charge in [-0.05, 0) is 141 Å². The molecule has 0 aliphatic carbocycles. The second-order valence-corrected chi connectivity index (χ2v) is 29.8. The Balaban J connectivity index is 1.13. The molecular formula is C76H87Cl2N11O24. The minimum absolute atomic E-state index is 0.107. The number of phenolic OH excluding ortho intramolecular Hbond substituents is 3. The van der Waals surface area contributed by atoms with Gasteiger partial charge in [-0.15, -0.1) is 0 Å². The van der Waals surface area contributed by atoms with Crippen LogP contribution in [-0.2, 0) is 57.4 Å². The fraction of sp³-hybridized carbons (Fsp3) is 0.408. The summed E-state index contributed by atoms with van der Waals surface area (Å²) in [5.41, 5.74) is 10.1. The van der Waals surface area contributed by atoms with Crippen LogP contribution in [0.1, 0.15) is 116 Å². The van der Waals surface area contributed by atoms with E-state index in [1.165, 1.54) is 33.0 Å². The molecule has 9 amide bonds. The lowest BCUT2D eigenvalue weighted by atomic mass is 9.86. The lowest BCUT2D eigenvalue weighted by molar-refractivity contribution is -0.333. The molecule has 2 saturated heterocycles. The summed E-state index contributed by atoms with van der Waals surface area (Å²) in [5.74, 6) is -16.1. The first-order valence-corrected chi connectivity index (χ1v) is 36.6. The number of phenols is 3. The zero-order valence-electron chi connectivity index (χ0n) is 61.7. The van der Waals surface area contributed by atoms with E-state index in [-0.39, 0.29) is 46.2 Å². The van der Waals surface area contributed by atoms with Gasteiger partial charge in [0.2, 0.25) is 65.2 Å². The average Bonchev–Trinajstić information content (AvgIpc) is 0.763. The number of carbonyl (C=O) groups is 9. The van der Waals surface area contributed by atoms with Crippen LogP contribution in [-0.4, -0.2) is 198 Å². The van der Waals surface area contributed by atoms with Crippen LogP contribution in [0.2, 0.25) is 10.0 Å². The third-order valence-corrected chi connectivity index (χ3v) is 20.5. The largest absolute Gasteiger partial charge is 0.508 e. The number of nitrogens with one attached hydrogen (secondary N) is 9. The molecule has 11 bridgehead atoms. The van der Waals surface area contributed by atoms with Crippen LogP contribution >= 0.6 is 23.2 Å².